The molecule has 3 rings (SSSR count). The first kappa shape index (κ1) is 11.0. The van der Waals surface area contributed by atoms with Crippen molar-refractivity contribution < 1.29 is 9.53 Å². The first-order valence-corrected chi connectivity index (χ1v) is 6.11. The van der Waals surface area contributed by atoms with Crippen LogP contribution in [0.15, 0.2) is 42.5 Å². The number of ether oxygens (including phenoxy) is 1. The van der Waals surface area contributed by atoms with E-state index in [1.165, 1.54) is 5.56 Å². The molecule has 0 fully saturated rings. The van der Waals surface area contributed by atoms with Gasteiger partial charge in [0.15, 0.2) is 5.78 Å². The molecule has 2 aromatic rings. The first-order valence-electron chi connectivity index (χ1n) is 6.11. The minimum absolute atomic E-state index is 0.173. The summed E-state index contributed by atoms with van der Waals surface area (Å²) < 4.78 is 5.56. The fourth-order valence-electron chi connectivity index (χ4n) is 2.19. The third-order valence-corrected chi connectivity index (χ3v) is 3.25. The van der Waals surface area contributed by atoms with Gasteiger partial charge < -0.3 is 4.74 Å². The van der Waals surface area contributed by atoms with E-state index in [9.17, 15) is 4.79 Å². The monoisotopic (exact) mass is 238 g/mol. The van der Waals surface area contributed by atoms with Gasteiger partial charge in [0.05, 0.1) is 12.2 Å². The predicted molar refractivity (Wildman–Crippen MR) is 71.1 cm³/mol. The van der Waals surface area contributed by atoms with Gasteiger partial charge in [0.1, 0.15) is 5.75 Å². The van der Waals surface area contributed by atoms with Crippen LogP contribution in [0.3, 0.4) is 0 Å². The molecule has 0 aliphatic carbocycles. The quantitative estimate of drug-likeness (QED) is 0.758. The van der Waals surface area contributed by atoms with E-state index >= 15 is 0 Å². The molecule has 2 nitrogen and oxygen atoms in total. The maximum absolute atomic E-state index is 11.7. The zero-order valence-corrected chi connectivity index (χ0v) is 10.3. The second-order valence-electron chi connectivity index (χ2n) is 4.60. The Bertz CT molecular complexity index is 597. The molecule has 1 heterocycles. The lowest BCUT2D eigenvalue weighted by Gasteiger charge is -2.17. The van der Waals surface area contributed by atoms with Gasteiger partial charge in [0.2, 0.25) is 0 Å². The largest absolute Gasteiger partial charge is 0.492 e. The molecule has 2 heteroatoms. The lowest BCUT2D eigenvalue weighted by Crippen LogP contribution is -2.15. The molecule has 1 aliphatic heterocycles. The number of aryl methyl sites for hydroxylation is 1. The maximum atomic E-state index is 11.7. The Morgan fingerprint density at radius 2 is 1.72 bits per heavy atom. The van der Waals surface area contributed by atoms with Crippen LogP contribution in [0, 0.1) is 6.92 Å². The molecule has 90 valence electrons. The summed E-state index contributed by atoms with van der Waals surface area (Å²) in [5.74, 6) is 0.885. The SMILES string of the molecule is Cc1ccc(-c2ccc3c(c2)OCCC3=O)cc1. The Morgan fingerprint density at radius 3 is 2.50 bits per heavy atom. The van der Waals surface area contributed by atoms with E-state index in [-0.39, 0.29) is 5.78 Å². The Kier molecular flexibility index (Phi) is 2.63. The Balaban J connectivity index is 2.04. The molecule has 0 aromatic heterocycles. The van der Waals surface area contributed by atoms with Gasteiger partial charge in [-0.25, -0.2) is 0 Å². The molecule has 0 unspecified atom stereocenters. The highest BCUT2D eigenvalue weighted by molar-refractivity contribution is 6.00. The number of ketones is 1. The number of Topliss-reactive ketones (excluding diaryl/α,β-unsaturated/α-hetero) is 1. The fraction of sp³-hybridized carbons (Fsp3) is 0.188. The van der Waals surface area contributed by atoms with E-state index in [4.69, 9.17) is 4.74 Å². The van der Waals surface area contributed by atoms with Crippen LogP contribution in [0.4, 0.5) is 0 Å². The molecule has 18 heavy (non-hydrogen) atoms. The summed E-state index contributed by atoms with van der Waals surface area (Å²) in [6.07, 6.45) is 0.483. The Hall–Kier alpha value is -2.09. The Morgan fingerprint density at radius 1 is 1.00 bits per heavy atom. The standard InChI is InChI=1S/C16H14O2/c1-11-2-4-12(5-3-11)13-6-7-14-15(17)8-9-18-16(14)10-13/h2-7,10H,8-9H2,1H3. The highest BCUT2D eigenvalue weighted by Crippen LogP contribution is 2.30. The number of rotatable bonds is 1. The van der Waals surface area contributed by atoms with E-state index < -0.39 is 0 Å². The minimum Gasteiger partial charge on any atom is -0.492 e. The maximum Gasteiger partial charge on any atom is 0.169 e. The van der Waals surface area contributed by atoms with Gasteiger partial charge in [-0.1, -0.05) is 35.9 Å². The van der Waals surface area contributed by atoms with E-state index in [0.717, 1.165) is 11.1 Å². The van der Waals surface area contributed by atoms with E-state index in [1.807, 2.05) is 18.2 Å². The molecule has 0 saturated heterocycles. The molecule has 0 spiro atoms. The zero-order chi connectivity index (χ0) is 12.5. The number of carbonyl (C=O) groups excluding carboxylic acids is 1. The smallest absolute Gasteiger partial charge is 0.169 e. The number of hydrogen-bond acceptors (Lipinski definition) is 2. The summed E-state index contributed by atoms with van der Waals surface area (Å²) in [7, 11) is 0. The summed E-state index contributed by atoms with van der Waals surface area (Å²) in [6.45, 7) is 2.56. The number of hydrogen-bond donors (Lipinski definition) is 0. The molecule has 2 aromatic carbocycles. The normalized spacial score (nSPS) is 13.9. The van der Waals surface area contributed by atoms with Gasteiger partial charge in [0.25, 0.3) is 0 Å². The summed E-state index contributed by atoms with van der Waals surface area (Å²) in [4.78, 5) is 11.7. The van der Waals surface area contributed by atoms with Gasteiger partial charge in [-0.15, -0.1) is 0 Å². The van der Waals surface area contributed by atoms with Crippen molar-refractivity contribution in [3.63, 3.8) is 0 Å². The molecule has 0 bridgehead atoms. The summed E-state index contributed by atoms with van der Waals surface area (Å²) in [5, 5.41) is 0. The van der Waals surface area contributed by atoms with Crippen molar-refractivity contribution in [3.8, 4) is 16.9 Å². The van der Waals surface area contributed by atoms with Gasteiger partial charge in [-0.3, -0.25) is 4.79 Å². The van der Waals surface area contributed by atoms with Gasteiger partial charge in [-0.05, 0) is 30.2 Å². The third kappa shape index (κ3) is 1.90. The lowest BCUT2D eigenvalue weighted by atomic mass is 9.98. The average Bonchev–Trinajstić information content (AvgIpc) is 2.39. The van der Waals surface area contributed by atoms with Crippen LogP contribution in [0.25, 0.3) is 11.1 Å². The number of fused-ring (bicyclic) bond motifs is 1. The van der Waals surface area contributed by atoms with Crippen LogP contribution in [0.2, 0.25) is 0 Å². The summed E-state index contributed by atoms with van der Waals surface area (Å²) in [5.41, 5.74) is 4.17. The zero-order valence-electron chi connectivity index (χ0n) is 10.3. The first-order chi connectivity index (χ1) is 8.74. The summed E-state index contributed by atoms with van der Waals surface area (Å²) >= 11 is 0. The van der Waals surface area contributed by atoms with Crippen molar-refractivity contribution in [1.29, 1.82) is 0 Å². The third-order valence-electron chi connectivity index (χ3n) is 3.25. The highest BCUT2D eigenvalue weighted by Gasteiger charge is 2.18. The fourth-order valence-corrected chi connectivity index (χ4v) is 2.19. The van der Waals surface area contributed by atoms with Crippen LogP contribution in [-0.2, 0) is 0 Å². The average molecular weight is 238 g/mol. The van der Waals surface area contributed by atoms with Gasteiger partial charge in [0, 0.05) is 6.42 Å². The van der Waals surface area contributed by atoms with Crippen LogP contribution < -0.4 is 4.74 Å². The molecule has 0 atom stereocenters. The minimum atomic E-state index is 0.173. The van der Waals surface area contributed by atoms with Crippen molar-refractivity contribution in [1.82, 2.24) is 0 Å². The molecule has 0 saturated carbocycles. The molecule has 0 N–H and O–H groups in total. The summed E-state index contributed by atoms with van der Waals surface area (Å²) in [6, 6.07) is 14.1. The van der Waals surface area contributed by atoms with Crippen molar-refractivity contribution in [2.75, 3.05) is 6.61 Å². The second-order valence-corrected chi connectivity index (χ2v) is 4.60. The topological polar surface area (TPSA) is 26.3 Å². The molecule has 0 radical (unpaired) electrons. The molecule has 1 aliphatic rings. The van der Waals surface area contributed by atoms with Crippen molar-refractivity contribution in [2.45, 2.75) is 13.3 Å². The van der Waals surface area contributed by atoms with E-state index in [2.05, 4.69) is 31.2 Å². The number of carbonyl (C=O) groups is 1. The lowest BCUT2D eigenvalue weighted by molar-refractivity contribution is 0.0933. The highest BCUT2D eigenvalue weighted by atomic mass is 16.5. The van der Waals surface area contributed by atoms with Crippen LogP contribution in [0.5, 0.6) is 5.75 Å². The van der Waals surface area contributed by atoms with Crippen molar-refractivity contribution in [2.24, 2.45) is 0 Å². The van der Waals surface area contributed by atoms with Crippen LogP contribution >= 0.6 is 0 Å². The van der Waals surface area contributed by atoms with E-state index in [0.29, 0.717) is 24.3 Å². The molecule has 0 amide bonds. The number of benzene rings is 2. The second kappa shape index (κ2) is 4.30. The van der Waals surface area contributed by atoms with Gasteiger partial charge >= 0.3 is 0 Å². The van der Waals surface area contributed by atoms with E-state index in [1.54, 1.807) is 0 Å². The van der Waals surface area contributed by atoms with Crippen molar-refractivity contribution >= 4 is 5.78 Å². The van der Waals surface area contributed by atoms with Gasteiger partial charge in [-0.2, -0.15) is 0 Å². The van der Waals surface area contributed by atoms with Crippen LogP contribution in [-0.4, -0.2) is 12.4 Å². The van der Waals surface area contributed by atoms with Crippen molar-refractivity contribution in [3.05, 3.63) is 53.6 Å². The molecular weight excluding hydrogens is 224 g/mol. The Labute approximate surface area is 106 Å². The van der Waals surface area contributed by atoms with Crippen LogP contribution in [0.1, 0.15) is 22.3 Å². The molecular formula is C16H14O2. The predicted octanol–water partition coefficient (Wildman–Crippen LogP) is 3.63.